The summed E-state index contributed by atoms with van der Waals surface area (Å²) in [5, 5.41) is 2.82. The highest BCUT2D eigenvalue weighted by atomic mass is 16.5. The molecular formula is C18H24N4O3. The third-order valence-corrected chi connectivity index (χ3v) is 4.26. The first-order valence-corrected chi connectivity index (χ1v) is 8.64. The molecule has 134 valence electrons. The lowest BCUT2D eigenvalue weighted by atomic mass is 10.1. The number of aryl methyl sites for hydroxylation is 1. The van der Waals surface area contributed by atoms with Gasteiger partial charge in [-0.1, -0.05) is 0 Å². The molecule has 0 bridgehead atoms. The Bertz CT molecular complexity index is 693. The number of rotatable bonds is 6. The molecule has 0 unspecified atom stereocenters. The van der Waals surface area contributed by atoms with E-state index in [1.165, 1.54) is 0 Å². The SMILES string of the molecule is Cc1nccn1-c1ccc(NC(=O)[C@H](C)OC[C@H]2CCCCO2)cn1. The number of hydrogen-bond acceptors (Lipinski definition) is 5. The van der Waals surface area contributed by atoms with Crippen molar-refractivity contribution in [2.45, 2.75) is 45.3 Å². The van der Waals surface area contributed by atoms with Crippen LogP contribution < -0.4 is 5.32 Å². The minimum absolute atomic E-state index is 0.100. The van der Waals surface area contributed by atoms with E-state index < -0.39 is 6.10 Å². The average Bonchev–Trinajstić information content (AvgIpc) is 3.07. The molecule has 2 aromatic heterocycles. The summed E-state index contributed by atoms with van der Waals surface area (Å²) in [6.45, 7) is 4.88. The molecule has 1 amide bonds. The number of carbonyl (C=O) groups excluding carboxylic acids is 1. The van der Waals surface area contributed by atoms with Crippen molar-refractivity contribution in [2.75, 3.05) is 18.5 Å². The number of nitrogens with one attached hydrogen (secondary N) is 1. The van der Waals surface area contributed by atoms with Gasteiger partial charge in [0, 0.05) is 19.0 Å². The number of ether oxygens (including phenoxy) is 2. The molecule has 1 N–H and O–H groups in total. The summed E-state index contributed by atoms with van der Waals surface area (Å²) in [5.74, 6) is 1.42. The van der Waals surface area contributed by atoms with Crippen LogP contribution >= 0.6 is 0 Å². The predicted octanol–water partition coefficient (Wildman–Crippen LogP) is 2.49. The zero-order valence-electron chi connectivity index (χ0n) is 14.6. The monoisotopic (exact) mass is 344 g/mol. The number of pyridine rings is 1. The Balaban J connectivity index is 1.51. The molecule has 0 spiro atoms. The molecule has 0 radical (unpaired) electrons. The van der Waals surface area contributed by atoms with Gasteiger partial charge >= 0.3 is 0 Å². The molecule has 0 saturated carbocycles. The van der Waals surface area contributed by atoms with E-state index in [9.17, 15) is 4.79 Å². The van der Waals surface area contributed by atoms with Crippen LogP contribution in [-0.4, -0.2) is 45.9 Å². The first-order chi connectivity index (χ1) is 12.1. The lowest BCUT2D eigenvalue weighted by Crippen LogP contribution is -2.32. The lowest BCUT2D eigenvalue weighted by molar-refractivity contribution is -0.130. The third kappa shape index (κ3) is 4.64. The van der Waals surface area contributed by atoms with E-state index in [-0.39, 0.29) is 12.0 Å². The van der Waals surface area contributed by atoms with E-state index in [1.54, 1.807) is 19.3 Å². The molecular weight excluding hydrogens is 320 g/mol. The topological polar surface area (TPSA) is 78.3 Å². The van der Waals surface area contributed by atoms with Crippen molar-refractivity contribution >= 4 is 11.6 Å². The van der Waals surface area contributed by atoms with Gasteiger partial charge in [0.15, 0.2) is 0 Å². The molecule has 0 aliphatic carbocycles. The van der Waals surface area contributed by atoms with Gasteiger partial charge in [0.2, 0.25) is 0 Å². The second-order valence-electron chi connectivity index (χ2n) is 6.20. The quantitative estimate of drug-likeness (QED) is 0.871. The van der Waals surface area contributed by atoms with Crippen molar-refractivity contribution in [2.24, 2.45) is 0 Å². The summed E-state index contributed by atoms with van der Waals surface area (Å²) < 4.78 is 13.1. The summed E-state index contributed by atoms with van der Waals surface area (Å²) in [6.07, 6.45) is 8.01. The molecule has 1 aliphatic rings. The fourth-order valence-corrected chi connectivity index (χ4v) is 2.73. The summed E-state index contributed by atoms with van der Waals surface area (Å²) in [4.78, 5) is 20.8. The van der Waals surface area contributed by atoms with Gasteiger partial charge in [-0.15, -0.1) is 0 Å². The van der Waals surface area contributed by atoms with Crippen LogP contribution in [0.3, 0.4) is 0 Å². The molecule has 7 nitrogen and oxygen atoms in total. The fourth-order valence-electron chi connectivity index (χ4n) is 2.73. The lowest BCUT2D eigenvalue weighted by Gasteiger charge is -2.23. The third-order valence-electron chi connectivity index (χ3n) is 4.26. The van der Waals surface area contributed by atoms with E-state index in [1.807, 2.05) is 29.8 Å². The van der Waals surface area contributed by atoms with Crippen molar-refractivity contribution in [3.05, 3.63) is 36.5 Å². The van der Waals surface area contributed by atoms with Crippen molar-refractivity contribution < 1.29 is 14.3 Å². The Hall–Kier alpha value is -2.25. The Kier molecular flexibility index (Phi) is 5.78. The summed E-state index contributed by atoms with van der Waals surface area (Å²) in [7, 11) is 0. The highest BCUT2D eigenvalue weighted by Crippen LogP contribution is 2.15. The van der Waals surface area contributed by atoms with E-state index in [2.05, 4.69) is 15.3 Å². The summed E-state index contributed by atoms with van der Waals surface area (Å²) >= 11 is 0. The van der Waals surface area contributed by atoms with Gasteiger partial charge in [-0.25, -0.2) is 9.97 Å². The maximum Gasteiger partial charge on any atom is 0.253 e. The zero-order valence-corrected chi connectivity index (χ0v) is 14.6. The van der Waals surface area contributed by atoms with E-state index in [4.69, 9.17) is 9.47 Å². The van der Waals surface area contributed by atoms with Crippen LogP contribution in [0.4, 0.5) is 5.69 Å². The van der Waals surface area contributed by atoms with Crippen LogP contribution in [0, 0.1) is 6.92 Å². The maximum atomic E-state index is 12.2. The highest BCUT2D eigenvalue weighted by Gasteiger charge is 2.19. The number of amides is 1. The summed E-state index contributed by atoms with van der Waals surface area (Å²) in [5.41, 5.74) is 0.635. The number of anilines is 1. The predicted molar refractivity (Wildman–Crippen MR) is 93.7 cm³/mol. The van der Waals surface area contributed by atoms with Crippen molar-refractivity contribution in [3.8, 4) is 5.82 Å². The second-order valence-corrected chi connectivity index (χ2v) is 6.20. The van der Waals surface area contributed by atoms with Gasteiger partial charge < -0.3 is 14.8 Å². The maximum absolute atomic E-state index is 12.2. The van der Waals surface area contributed by atoms with E-state index in [0.717, 1.165) is 37.5 Å². The van der Waals surface area contributed by atoms with Crippen LogP contribution in [0.2, 0.25) is 0 Å². The Labute approximate surface area is 147 Å². The van der Waals surface area contributed by atoms with E-state index in [0.29, 0.717) is 12.3 Å². The van der Waals surface area contributed by atoms with Gasteiger partial charge in [0.25, 0.3) is 5.91 Å². The first-order valence-electron chi connectivity index (χ1n) is 8.64. The smallest absolute Gasteiger partial charge is 0.253 e. The van der Waals surface area contributed by atoms with Gasteiger partial charge in [0.05, 0.1) is 24.6 Å². The highest BCUT2D eigenvalue weighted by molar-refractivity contribution is 5.93. The molecule has 3 rings (SSSR count). The molecule has 7 heteroatoms. The molecule has 1 saturated heterocycles. The van der Waals surface area contributed by atoms with E-state index >= 15 is 0 Å². The molecule has 2 atom stereocenters. The Morgan fingerprint density at radius 1 is 1.44 bits per heavy atom. The molecule has 1 aliphatic heterocycles. The van der Waals surface area contributed by atoms with Crippen molar-refractivity contribution in [3.63, 3.8) is 0 Å². The van der Waals surface area contributed by atoms with Crippen LogP contribution in [-0.2, 0) is 14.3 Å². The fraction of sp³-hybridized carbons (Fsp3) is 0.500. The second kappa shape index (κ2) is 8.22. The molecule has 2 aromatic rings. The minimum atomic E-state index is -0.541. The Morgan fingerprint density at radius 2 is 2.32 bits per heavy atom. The van der Waals surface area contributed by atoms with Crippen molar-refractivity contribution in [1.82, 2.24) is 14.5 Å². The average molecular weight is 344 g/mol. The molecule has 3 heterocycles. The summed E-state index contributed by atoms with van der Waals surface area (Å²) in [6, 6.07) is 3.66. The molecule has 0 aromatic carbocycles. The number of imidazole rings is 1. The zero-order chi connectivity index (χ0) is 17.6. The van der Waals surface area contributed by atoms with Gasteiger partial charge in [-0.2, -0.15) is 0 Å². The van der Waals surface area contributed by atoms with Gasteiger partial charge in [-0.3, -0.25) is 9.36 Å². The van der Waals surface area contributed by atoms with Crippen LogP contribution in [0.25, 0.3) is 5.82 Å². The van der Waals surface area contributed by atoms with Gasteiger partial charge in [0.1, 0.15) is 17.7 Å². The molecule has 1 fully saturated rings. The number of aromatic nitrogens is 3. The van der Waals surface area contributed by atoms with Crippen LogP contribution in [0.5, 0.6) is 0 Å². The number of nitrogens with zero attached hydrogens (tertiary/aromatic N) is 3. The molecule has 25 heavy (non-hydrogen) atoms. The largest absolute Gasteiger partial charge is 0.376 e. The van der Waals surface area contributed by atoms with Crippen molar-refractivity contribution in [1.29, 1.82) is 0 Å². The Morgan fingerprint density at radius 3 is 2.96 bits per heavy atom. The van der Waals surface area contributed by atoms with Crippen LogP contribution in [0.1, 0.15) is 32.0 Å². The standard InChI is InChI=1S/C18H24N4O3/c1-13(25-12-16-5-3-4-10-24-16)18(23)21-15-6-7-17(20-11-15)22-9-8-19-14(22)2/h6-9,11,13,16H,3-5,10,12H2,1-2H3,(H,21,23)/t13-,16+/m0/s1. The number of hydrogen-bond donors (Lipinski definition) is 1. The van der Waals surface area contributed by atoms with Crippen LogP contribution in [0.15, 0.2) is 30.7 Å². The minimum Gasteiger partial charge on any atom is -0.376 e. The first kappa shape index (κ1) is 17.6. The van der Waals surface area contributed by atoms with Gasteiger partial charge in [-0.05, 0) is 45.2 Å². The number of carbonyl (C=O) groups is 1. The normalized spacial score (nSPS) is 18.7.